The van der Waals surface area contributed by atoms with Gasteiger partial charge in [0.05, 0.1) is 5.75 Å². The number of sulfone groups is 1. The van der Waals surface area contributed by atoms with Gasteiger partial charge in [0.2, 0.25) is 0 Å². The molecule has 1 fully saturated rings. The van der Waals surface area contributed by atoms with E-state index in [1.165, 1.54) is 0 Å². The number of imidazole rings is 1. The highest BCUT2D eigenvalue weighted by Gasteiger charge is 2.36. The van der Waals surface area contributed by atoms with E-state index in [1.54, 1.807) is 6.20 Å². The predicted molar refractivity (Wildman–Crippen MR) is 81.8 cm³/mol. The smallest absolute Gasteiger partial charge is 0.160 e. The number of hydrogen-bond donors (Lipinski definition) is 0. The third-order valence-electron chi connectivity index (χ3n) is 3.92. The lowest BCUT2D eigenvalue weighted by Gasteiger charge is -2.15. The molecule has 21 heavy (non-hydrogen) atoms. The first-order valence-corrected chi connectivity index (χ1v) is 8.88. The molecule has 2 aromatic rings. The van der Waals surface area contributed by atoms with E-state index in [2.05, 4.69) is 14.9 Å². The van der Waals surface area contributed by atoms with Crippen molar-refractivity contribution in [3.63, 3.8) is 0 Å². The van der Waals surface area contributed by atoms with Gasteiger partial charge in [-0.2, -0.15) is 0 Å². The number of fused-ring (bicyclic) bond motifs is 1. The second-order valence-corrected chi connectivity index (χ2v) is 8.07. The van der Waals surface area contributed by atoms with Gasteiger partial charge in [0.1, 0.15) is 16.6 Å². The Bertz CT molecular complexity index is 751. The van der Waals surface area contributed by atoms with Crippen molar-refractivity contribution in [3.8, 4) is 0 Å². The summed E-state index contributed by atoms with van der Waals surface area (Å²) >= 11 is 0. The molecular weight excluding hydrogens is 288 g/mol. The molecule has 1 saturated heterocycles. The van der Waals surface area contributed by atoms with Gasteiger partial charge in [0.15, 0.2) is 15.5 Å². The van der Waals surface area contributed by atoms with Gasteiger partial charge in [-0.05, 0) is 39.1 Å². The van der Waals surface area contributed by atoms with E-state index in [1.807, 2.05) is 30.8 Å². The molecule has 3 rings (SSSR count). The molecule has 3 heterocycles. The number of aromatic nitrogens is 3. The molecule has 0 saturated carbocycles. The summed E-state index contributed by atoms with van der Waals surface area (Å²) in [5.74, 6) is 0.921. The standard InChI is InChI=1S/C14H20N4O2S/c1-17(2)8-9-18-13-11(5-3-7-15-13)16-14(18)12-6-4-10-21(12,19)20/h3,5,7,12H,4,6,8-10H2,1-2H3. The number of likely N-dealkylation sites (N-methyl/N-ethyl adjacent to an activating group) is 1. The minimum absolute atomic E-state index is 0.266. The molecule has 7 heteroatoms. The Balaban J connectivity index is 2.10. The highest BCUT2D eigenvalue weighted by Crippen LogP contribution is 2.35. The normalized spacial score (nSPS) is 21.4. The zero-order chi connectivity index (χ0) is 15.0. The molecule has 0 spiro atoms. The monoisotopic (exact) mass is 308 g/mol. The molecule has 0 N–H and O–H groups in total. The molecule has 0 bridgehead atoms. The van der Waals surface area contributed by atoms with E-state index in [0.717, 1.165) is 24.1 Å². The Morgan fingerprint density at radius 3 is 2.90 bits per heavy atom. The molecule has 1 unspecified atom stereocenters. The molecule has 2 aromatic heterocycles. The van der Waals surface area contributed by atoms with Gasteiger partial charge >= 0.3 is 0 Å². The van der Waals surface area contributed by atoms with Crippen LogP contribution in [-0.2, 0) is 16.4 Å². The lowest BCUT2D eigenvalue weighted by molar-refractivity contribution is 0.382. The van der Waals surface area contributed by atoms with Gasteiger partial charge in [0, 0.05) is 19.3 Å². The van der Waals surface area contributed by atoms with E-state index >= 15 is 0 Å². The quantitative estimate of drug-likeness (QED) is 0.850. The number of nitrogens with zero attached hydrogens (tertiary/aromatic N) is 4. The van der Waals surface area contributed by atoms with Crippen LogP contribution < -0.4 is 0 Å². The van der Waals surface area contributed by atoms with Gasteiger partial charge < -0.3 is 9.47 Å². The largest absolute Gasteiger partial charge is 0.310 e. The predicted octanol–water partition coefficient (Wildman–Crippen LogP) is 1.24. The van der Waals surface area contributed by atoms with Crippen LogP contribution in [0.1, 0.15) is 23.9 Å². The van der Waals surface area contributed by atoms with Crippen LogP contribution in [0, 0.1) is 0 Å². The van der Waals surface area contributed by atoms with Crippen LogP contribution in [-0.4, -0.2) is 54.2 Å². The van der Waals surface area contributed by atoms with Gasteiger partial charge in [-0.15, -0.1) is 0 Å². The average molecular weight is 308 g/mol. The van der Waals surface area contributed by atoms with Crippen molar-refractivity contribution in [3.05, 3.63) is 24.2 Å². The number of pyridine rings is 1. The Morgan fingerprint density at radius 1 is 1.43 bits per heavy atom. The zero-order valence-corrected chi connectivity index (χ0v) is 13.2. The van der Waals surface area contributed by atoms with Gasteiger partial charge in [-0.25, -0.2) is 18.4 Å². The molecule has 1 atom stereocenters. The zero-order valence-electron chi connectivity index (χ0n) is 12.4. The van der Waals surface area contributed by atoms with Crippen LogP contribution in [0.25, 0.3) is 11.2 Å². The van der Waals surface area contributed by atoms with Gasteiger partial charge in [-0.1, -0.05) is 0 Å². The van der Waals surface area contributed by atoms with Crippen molar-refractivity contribution < 1.29 is 8.42 Å². The fraction of sp³-hybridized carbons (Fsp3) is 0.571. The van der Waals surface area contributed by atoms with Crippen molar-refractivity contribution in [2.75, 3.05) is 26.4 Å². The number of rotatable bonds is 4. The van der Waals surface area contributed by atoms with E-state index in [9.17, 15) is 8.42 Å². The SMILES string of the molecule is CN(C)CCn1c(C2CCCS2(=O)=O)nc2cccnc21. The number of hydrogen-bond acceptors (Lipinski definition) is 5. The fourth-order valence-corrected chi connectivity index (χ4v) is 4.70. The summed E-state index contributed by atoms with van der Waals surface area (Å²) in [7, 11) is 0.924. The van der Waals surface area contributed by atoms with Crippen LogP contribution in [0.3, 0.4) is 0 Å². The molecule has 6 nitrogen and oxygen atoms in total. The maximum Gasteiger partial charge on any atom is 0.160 e. The summed E-state index contributed by atoms with van der Waals surface area (Å²) in [5.41, 5.74) is 1.55. The maximum atomic E-state index is 12.2. The van der Waals surface area contributed by atoms with Crippen LogP contribution in [0.4, 0.5) is 0 Å². The van der Waals surface area contributed by atoms with Gasteiger partial charge in [-0.3, -0.25) is 0 Å². The third-order valence-corrected chi connectivity index (χ3v) is 6.09. The second kappa shape index (κ2) is 5.38. The summed E-state index contributed by atoms with van der Waals surface area (Å²) < 4.78 is 26.5. The second-order valence-electron chi connectivity index (χ2n) is 5.77. The first-order valence-electron chi connectivity index (χ1n) is 7.16. The lowest BCUT2D eigenvalue weighted by atomic mass is 10.2. The van der Waals surface area contributed by atoms with E-state index < -0.39 is 15.1 Å². The van der Waals surface area contributed by atoms with Crippen LogP contribution in [0.15, 0.2) is 18.3 Å². The van der Waals surface area contributed by atoms with Crippen LogP contribution >= 0.6 is 0 Å². The minimum Gasteiger partial charge on any atom is -0.310 e. The summed E-state index contributed by atoms with van der Waals surface area (Å²) in [6, 6.07) is 3.72. The molecule has 1 aliphatic rings. The first-order chi connectivity index (χ1) is 9.99. The summed E-state index contributed by atoms with van der Waals surface area (Å²) in [6.45, 7) is 1.52. The van der Waals surface area contributed by atoms with E-state index in [4.69, 9.17) is 0 Å². The molecular formula is C14H20N4O2S. The summed E-state index contributed by atoms with van der Waals surface area (Å²) in [5, 5.41) is -0.478. The molecule has 1 aliphatic heterocycles. The van der Waals surface area contributed by atoms with Gasteiger partial charge in [0.25, 0.3) is 0 Å². The highest BCUT2D eigenvalue weighted by molar-refractivity contribution is 7.91. The highest BCUT2D eigenvalue weighted by atomic mass is 32.2. The van der Waals surface area contributed by atoms with Crippen LogP contribution in [0.2, 0.25) is 0 Å². The maximum absolute atomic E-state index is 12.2. The topological polar surface area (TPSA) is 68.1 Å². The molecule has 0 aliphatic carbocycles. The van der Waals surface area contributed by atoms with Crippen molar-refractivity contribution in [1.29, 1.82) is 0 Å². The fourth-order valence-electron chi connectivity index (χ4n) is 2.82. The Morgan fingerprint density at radius 2 is 2.24 bits per heavy atom. The van der Waals surface area contributed by atoms with Crippen molar-refractivity contribution in [2.24, 2.45) is 0 Å². The molecule has 0 amide bonds. The first kappa shape index (κ1) is 14.5. The van der Waals surface area contributed by atoms with Crippen molar-refractivity contribution in [2.45, 2.75) is 24.6 Å². The third kappa shape index (κ3) is 2.67. The summed E-state index contributed by atoms with van der Waals surface area (Å²) in [6.07, 6.45) is 3.11. The molecule has 0 aromatic carbocycles. The van der Waals surface area contributed by atoms with Crippen molar-refractivity contribution >= 4 is 21.0 Å². The van der Waals surface area contributed by atoms with E-state index in [-0.39, 0.29) is 5.75 Å². The molecule has 114 valence electrons. The van der Waals surface area contributed by atoms with E-state index in [0.29, 0.717) is 18.8 Å². The Kier molecular flexibility index (Phi) is 3.71. The van der Waals surface area contributed by atoms with Crippen molar-refractivity contribution in [1.82, 2.24) is 19.4 Å². The lowest BCUT2D eigenvalue weighted by Crippen LogP contribution is -2.21. The summed E-state index contributed by atoms with van der Waals surface area (Å²) in [4.78, 5) is 11.0. The average Bonchev–Trinajstić information content (AvgIpc) is 2.95. The van der Waals surface area contributed by atoms with Crippen LogP contribution in [0.5, 0.6) is 0 Å². The molecule has 0 radical (unpaired) electrons. The Labute approximate surface area is 124 Å². The minimum atomic E-state index is -3.07. The Hall–Kier alpha value is -1.47.